The maximum atomic E-state index is 13.1. The maximum absolute atomic E-state index is 13.1. The van der Waals surface area contributed by atoms with Crippen molar-refractivity contribution >= 4 is 44.0 Å². The molecule has 0 saturated heterocycles. The van der Waals surface area contributed by atoms with Crippen molar-refractivity contribution in [3.8, 4) is 0 Å². The number of nitrogens with zero attached hydrogens (tertiary/aromatic N) is 1. The van der Waals surface area contributed by atoms with Gasteiger partial charge >= 0.3 is 0 Å². The summed E-state index contributed by atoms with van der Waals surface area (Å²) in [5.41, 5.74) is 1.43. The minimum absolute atomic E-state index is 0.113. The van der Waals surface area contributed by atoms with Crippen molar-refractivity contribution in [3.63, 3.8) is 0 Å². The number of methoxy groups -OCH3 is 1. The van der Waals surface area contributed by atoms with E-state index in [9.17, 15) is 18.0 Å². The number of hydrogen-bond acceptors (Lipinski definition) is 5. The number of nitrogens with one attached hydrogen (secondary N) is 2. The zero-order valence-electron chi connectivity index (χ0n) is 18.9. The van der Waals surface area contributed by atoms with Crippen LogP contribution >= 0.6 is 0 Å². The SMILES string of the molecule is COCCCNC(=O)c1ccccc1NC(=O)CCCN1c2cccc3cccc(c23)S1(=O)=O. The van der Waals surface area contributed by atoms with Gasteiger partial charge in [-0.3, -0.25) is 13.9 Å². The van der Waals surface area contributed by atoms with Crippen LogP contribution in [0.3, 0.4) is 0 Å². The quantitative estimate of drug-likeness (QED) is 0.431. The second kappa shape index (κ2) is 10.2. The van der Waals surface area contributed by atoms with Crippen molar-refractivity contribution in [2.24, 2.45) is 0 Å². The second-order valence-electron chi connectivity index (χ2n) is 8.01. The Morgan fingerprint density at radius 1 is 0.971 bits per heavy atom. The highest BCUT2D eigenvalue weighted by Crippen LogP contribution is 2.41. The van der Waals surface area contributed by atoms with Gasteiger partial charge in [0.25, 0.3) is 15.9 Å². The maximum Gasteiger partial charge on any atom is 0.265 e. The molecule has 2 N–H and O–H groups in total. The summed E-state index contributed by atoms with van der Waals surface area (Å²) in [6.45, 7) is 1.20. The lowest BCUT2D eigenvalue weighted by atomic mass is 10.1. The normalized spacial score (nSPS) is 13.7. The predicted octanol–water partition coefficient (Wildman–Crippen LogP) is 3.53. The molecule has 0 aromatic heterocycles. The van der Waals surface area contributed by atoms with Crippen LogP contribution in [0.4, 0.5) is 11.4 Å². The smallest absolute Gasteiger partial charge is 0.265 e. The van der Waals surface area contributed by atoms with Crippen LogP contribution in [0.2, 0.25) is 0 Å². The number of carbonyl (C=O) groups is 2. The van der Waals surface area contributed by atoms with Crippen LogP contribution in [0, 0.1) is 0 Å². The lowest BCUT2D eigenvalue weighted by Gasteiger charge is -2.18. The fraction of sp³-hybridized carbons (Fsp3) is 0.280. The lowest BCUT2D eigenvalue weighted by Crippen LogP contribution is -2.29. The molecule has 8 nitrogen and oxygen atoms in total. The van der Waals surface area contributed by atoms with Crippen molar-refractivity contribution in [1.82, 2.24) is 5.32 Å². The monoisotopic (exact) mass is 481 g/mol. The van der Waals surface area contributed by atoms with Gasteiger partial charge in [0.15, 0.2) is 0 Å². The first-order chi connectivity index (χ1) is 16.4. The van der Waals surface area contributed by atoms with E-state index >= 15 is 0 Å². The minimum atomic E-state index is -3.65. The number of para-hydroxylation sites is 1. The fourth-order valence-electron chi connectivity index (χ4n) is 4.10. The average Bonchev–Trinajstić information content (AvgIpc) is 3.05. The van der Waals surface area contributed by atoms with Gasteiger partial charge in [0.1, 0.15) is 0 Å². The molecular weight excluding hydrogens is 454 g/mol. The third-order valence-electron chi connectivity index (χ3n) is 5.70. The van der Waals surface area contributed by atoms with Crippen LogP contribution in [0.1, 0.15) is 29.6 Å². The first-order valence-corrected chi connectivity index (χ1v) is 12.6. The average molecular weight is 482 g/mol. The summed E-state index contributed by atoms with van der Waals surface area (Å²) in [6, 6.07) is 17.5. The van der Waals surface area contributed by atoms with Crippen LogP contribution in [-0.2, 0) is 19.6 Å². The molecule has 0 fully saturated rings. The zero-order chi connectivity index (χ0) is 24.1. The van der Waals surface area contributed by atoms with Gasteiger partial charge in [0, 0.05) is 38.6 Å². The summed E-state index contributed by atoms with van der Waals surface area (Å²) in [7, 11) is -2.04. The molecule has 34 heavy (non-hydrogen) atoms. The number of hydrogen-bond donors (Lipinski definition) is 2. The van der Waals surface area contributed by atoms with Crippen molar-refractivity contribution in [3.05, 3.63) is 66.2 Å². The Kier molecular flexibility index (Phi) is 7.14. The van der Waals surface area contributed by atoms with E-state index in [0.29, 0.717) is 47.8 Å². The Labute approximate surface area is 199 Å². The number of sulfonamides is 1. The van der Waals surface area contributed by atoms with Crippen molar-refractivity contribution in [2.45, 2.75) is 24.2 Å². The van der Waals surface area contributed by atoms with Gasteiger partial charge in [0.2, 0.25) is 5.91 Å². The molecule has 3 aromatic rings. The Morgan fingerprint density at radius 2 is 1.74 bits per heavy atom. The van der Waals surface area contributed by atoms with Gasteiger partial charge in [-0.05, 0) is 42.5 Å². The molecule has 0 aliphatic carbocycles. The summed E-state index contributed by atoms with van der Waals surface area (Å²) in [5.74, 6) is -0.562. The fourth-order valence-corrected chi connectivity index (χ4v) is 5.85. The van der Waals surface area contributed by atoms with E-state index in [1.54, 1.807) is 49.6 Å². The first-order valence-electron chi connectivity index (χ1n) is 11.1. The van der Waals surface area contributed by atoms with E-state index in [0.717, 1.165) is 10.8 Å². The van der Waals surface area contributed by atoms with Gasteiger partial charge in [-0.1, -0.05) is 36.4 Å². The van der Waals surface area contributed by atoms with Gasteiger partial charge in [-0.25, -0.2) is 8.42 Å². The van der Waals surface area contributed by atoms with Crippen LogP contribution in [0.5, 0.6) is 0 Å². The van der Waals surface area contributed by atoms with E-state index in [2.05, 4.69) is 10.6 Å². The third kappa shape index (κ3) is 4.76. The number of anilines is 2. The van der Waals surface area contributed by atoms with Gasteiger partial charge < -0.3 is 15.4 Å². The summed E-state index contributed by atoms with van der Waals surface area (Å²) in [4.78, 5) is 25.4. The molecule has 0 spiro atoms. The van der Waals surface area contributed by atoms with E-state index in [1.807, 2.05) is 18.2 Å². The molecular formula is C25H27N3O5S. The summed E-state index contributed by atoms with van der Waals surface area (Å²) < 4.78 is 32.5. The second-order valence-corrected chi connectivity index (χ2v) is 9.84. The molecule has 1 heterocycles. The number of rotatable bonds is 10. The Hall–Kier alpha value is -3.43. The Morgan fingerprint density at radius 3 is 2.53 bits per heavy atom. The molecule has 0 atom stereocenters. The highest BCUT2D eigenvalue weighted by atomic mass is 32.2. The van der Waals surface area contributed by atoms with Crippen molar-refractivity contribution in [2.75, 3.05) is 36.4 Å². The number of benzene rings is 3. The lowest BCUT2D eigenvalue weighted by molar-refractivity contribution is -0.116. The summed E-state index contributed by atoms with van der Waals surface area (Å²) in [6.07, 6.45) is 1.14. The number of carbonyl (C=O) groups excluding carboxylic acids is 2. The largest absolute Gasteiger partial charge is 0.385 e. The van der Waals surface area contributed by atoms with Crippen LogP contribution in [0.25, 0.3) is 10.8 Å². The summed E-state index contributed by atoms with van der Waals surface area (Å²) >= 11 is 0. The van der Waals surface area contributed by atoms with Crippen LogP contribution in [-0.4, -0.2) is 47.0 Å². The first kappa shape index (κ1) is 23.7. The van der Waals surface area contributed by atoms with Gasteiger partial charge in [-0.2, -0.15) is 0 Å². The van der Waals surface area contributed by atoms with E-state index in [1.165, 1.54) is 4.31 Å². The third-order valence-corrected chi connectivity index (χ3v) is 7.56. The minimum Gasteiger partial charge on any atom is -0.385 e. The molecule has 1 aliphatic rings. The molecule has 178 valence electrons. The van der Waals surface area contributed by atoms with Crippen LogP contribution < -0.4 is 14.9 Å². The van der Waals surface area contributed by atoms with E-state index in [-0.39, 0.29) is 24.8 Å². The van der Waals surface area contributed by atoms with Crippen molar-refractivity contribution < 1.29 is 22.7 Å². The van der Waals surface area contributed by atoms with Gasteiger partial charge in [-0.15, -0.1) is 0 Å². The topological polar surface area (TPSA) is 105 Å². The summed E-state index contributed by atoms with van der Waals surface area (Å²) in [5, 5.41) is 7.19. The molecule has 0 saturated carbocycles. The molecule has 2 amide bonds. The molecule has 9 heteroatoms. The highest BCUT2D eigenvalue weighted by Gasteiger charge is 2.35. The predicted molar refractivity (Wildman–Crippen MR) is 132 cm³/mol. The molecule has 0 unspecified atom stereocenters. The molecule has 0 bridgehead atoms. The molecule has 0 radical (unpaired) electrons. The standard InChI is InChI=1S/C25H27N3O5S/c1-33-17-7-15-26-25(30)19-10-2-3-11-20(19)27-23(29)14-6-16-28-21-12-4-8-18-9-5-13-22(24(18)21)34(28,31)32/h2-5,8-13H,6-7,14-17H2,1H3,(H,26,30)(H,27,29). The number of amides is 2. The Bertz CT molecular complexity index is 1320. The number of ether oxygens (including phenoxy) is 1. The highest BCUT2D eigenvalue weighted by molar-refractivity contribution is 7.93. The molecule has 1 aliphatic heterocycles. The Balaban J connectivity index is 1.37. The zero-order valence-corrected chi connectivity index (χ0v) is 19.7. The van der Waals surface area contributed by atoms with Crippen molar-refractivity contribution in [1.29, 1.82) is 0 Å². The van der Waals surface area contributed by atoms with Gasteiger partial charge in [0.05, 0.1) is 21.8 Å². The van der Waals surface area contributed by atoms with E-state index < -0.39 is 10.0 Å². The van der Waals surface area contributed by atoms with Crippen LogP contribution in [0.15, 0.2) is 65.6 Å². The van der Waals surface area contributed by atoms with E-state index in [4.69, 9.17) is 4.74 Å². The molecule has 4 rings (SSSR count). The molecule has 3 aromatic carbocycles.